The molecule has 2 atom stereocenters. The number of thioether (sulfide) groups is 1. The second-order valence-electron chi connectivity index (χ2n) is 3.58. The van der Waals surface area contributed by atoms with Crippen molar-refractivity contribution in [1.82, 2.24) is 4.90 Å². The zero-order valence-electron chi connectivity index (χ0n) is 8.12. The standard InChI is InChI=1S/C9H20N2S/c1-3-4-8(10)9-7-12-6-5-11(9)2/h8-9H,3-7,10H2,1-2H3/t8-,9?/m1/s1. The maximum absolute atomic E-state index is 6.09. The van der Waals surface area contributed by atoms with Gasteiger partial charge in [0.25, 0.3) is 0 Å². The van der Waals surface area contributed by atoms with E-state index in [-0.39, 0.29) is 0 Å². The van der Waals surface area contributed by atoms with Gasteiger partial charge in [-0.25, -0.2) is 0 Å². The normalized spacial score (nSPS) is 28.8. The molecule has 0 aromatic rings. The summed E-state index contributed by atoms with van der Waals surface area (Å²) < 4.78 is 0. The molecule has 0 amide bonds. The maximum Gasteiger partial charge on any atom is 0.0335 e. The highest BCUT2D eigenvalue weighted by Gasteiger charge is 2.24. The fourth-order valence-corrected chi connectivity index (χ4v) is 3.01. The molecule has 0 radical (unpaired) electrons. The smallest absolute Gasteiger partial charge is 0.0335 e. The number of hydrogen-bond donors (Lipinski definition) is 1. The van der Waals surface area contributed by atoms with E-state index in [1.165, 1.54) is 24.5 Å². The second-order valence-corrected chi connectivity index (χ2v) is 4.73. The van der Waals surface area contributed by atoms with Crippen LogP contribution in [0.1, 0.15) is 19.8 Å². The SMILES string of the molecule is CCC[C@@H](N)C1CSCCN1C. The molecule has 0 spiro atoms. The molecule has 0 aromatic carbocycles. The van der Waals surface area contributed by atoms with Crippen molar-refractivity contribution in [3.63, 3.8) is 0 Å². The Morgan fingerprint density at radius 3 is 3.00 bits per heavy atom. The molecule has 1 saturated heterocycles. The fourth-order valence-electron chi connectivity index (χ4n) is 1.68. The molecule has 0 bridgehead atoms. The number of rotatable bonds is 3. The molecule has 2 N–H and O–H groups in total. The molecule has 1 unspecified atom stereocenters. The van der Waals surface area contributed by atoms with E-state index in [2.05, 4.69) is 18.9 Å². The van der Waals surface area contributed by atoms with Gasteiger partial charge in [0, 0.05) is 30.1 Å². The predicted molar refractivity (Wildman–Crippen MR) is 56.6 cm³/mol. The molecule has 72 valence electrons. The van der Waals surface area contributed by atoms with E-state index in [4.69, 9.17) is 5.73 Å². The highest BCUT2D eigenvalue weighted by Crippen LogP contribution is 2.18. The van der Waals surface area contributed by atoms with Crippen molar-refractivity contribution in [1.29, 1.82) is 0 Å². The van der Waals surface area contributed by atoms with Crippen LogP contribution in [-0.2, 0) is 0 Å². The van der Waals surface area contributed by atoms with Crippen LogP contribution in [0.5, 0.6) is 0 Å². The minimum atomic E-state index is 0.382. The Kier molecular flexibility index (Phi) is 4.40. The zero-order chi connectivity index (χ0) is 8.97. The summed E-state index contributed by atoms with van der Waals surface area (Å²) >= 11 is 2.04. The lowest BCUT2D eigenvalue weighted by atomic mass is 10.0. The van der Waals surface area contributed by atoms with Gasteiger partial charge in [-0.1, -0.05) is 13.3 Å². The molecule has 1 rings (SSSR count). The summed E-state index contributed by atoms with van der Waals surface area (Å²) in [5.74, 6) is 2.49. The predicted octanol–water partition coefficient (Wildman–Crippen LogP) is 1.16. The van der Waals surface area contributed by atoms with Crippen molar-refractivity contribution in [2.45, 2.75) is 31.8 Å². The molecular formula is C9H20N2S. The molecule has 1 fully saturated rings. The van der Waals surface area contributed by atoms with Crippen LogP contribution in [0.15, 0.2) is 0 Å². The first-order valence-corrected chi connectivity index (χ1v) is 5.94. The summed E-state index contributed by atoms with van der Waals surface area (Å²) in [5.41, 5.74) is 6.09. The Labute approximate surface area is 79.9 Å². The Balaban J connectivity index is 2.36. The van der Waals surface area contributed by atoms with E-state index in [9.17, 15) is 0 Å². The minimum Gasteiger partial charge on any atom is -0.326 e. The zero-order valence-corrected chi connectivity index (χ0v) is 8.94. The Morgan fingerprint density at radius 1 is 1.67 bits per heavy atom. The van der Waals surface area contributed by atoms with Crippen molar-refractivity contribution in [3.8, 4) is 0 Å². The summed E-state index contributed by atoms with van der Waals surface area (Å²) in [6.45, 7) is 3.41. The molecule has 2 nitrogen and oxygen atoms in total. The van der Waals surface area contributed by atoms with Crippen molar-refractivity contribution in [2.75, 3.05) is 25.1 Å². The van der Waals surface area contributed by atoms with Gasteiger partial charge < -0.3 is 10.6 Å². The molecule has 0 aromatic heterocycles. The van der Waals surface area contributed by atoms with Crippen LogP contribution >= 0.6 is 11.8 Å². The van der Waals surface area contributed by atoms with Crippen molar-refractivity contribution >= 4 is 11.8 Å². The molecule has 1 aliphatic heterocycles. The van der Waals surface area contributed by atoms with Gasteiger partial charge in [-0.05, 0) is 13.5 Å². The summed E-state index contributed by atoms with van der Waals surface area (Å²) in [7, 11) is 2.19. The average Bonchev–Trinajstić information content (AvgIpc) is 2.05. The van der Waals surface area contributed by atoms with Gasteiger partial charge in [-0.2, -0.15) is 11.8 Å². The monoisotopic (exact) mass is 188 g/mol. The van der Waals surface area contributed by atoms with Crippen LogP contribution < -0.4 is 5.73 Å². The van der Waals surface area contributed by atoms with E-state index < -0.39 is 0 Å². The Morgan fingerprint density at radius 2 is 2.42 bits per heavy atom. The number of likely N-dealkylation sites (N-methyl/N-ethyl adjacent to an activating group) is 1. The first-order chi connectivity index (χ1) is 5.75. The van der Waals surface area contributed by atoms with E-state index in [0.717, 1.165) is 6.42 Å². The van der Waals surface area contributed by atoms with Crippen molar-refractivity contribution in [2.24, 2.45) is 5.73 Å². The lowest BCUT2D eigenvalue weighted by Crippen LogP contribution is -2.50. The van der Waals surface area contributed by atoms with Crippen LogP contribution in [0.4, 0.5) is 0 Å². The third-order valence-corrected chi connectivity index (χ3v) is 3.61. The Hall–Kier alpha value is 0.270. The minimum absolute atomic E-state index is 0.382. The molecule has 12 heavy (non-hydrogen) atoms. The van der Waals surface area contributed by atoms with E-state index in [1.54, 1.807) is 0 Å². The van der Waals surface area contributed by atoms with Gasteiger partial charge in [0.2, 0.25) is 0 Å². The molecule has 1 aliphatic rings. The average molecular weight is 188 g/mol. The van der Waals surface area contributed by atoms with Gasteiger partial charge in [0.1, 0.15) is 0 Å². The second kappa shape index (κ2) is 5.10. The van der Waals surface area contributed by atoms with Gasteiger partial charge >= 0.3 is 0 Å². The molecule has 0 saturated carbocycles. The van der Waals surface area contributed by atoms with Gasteiger partial charge in [-0.3, -0.25) is 0 Å². The number of nitrogens with zero attached hydrogens (tertiary/aromatic N) is 1. The van der Waals surface area contributed by atoms with Crippen molar-refractivity contribution < 1.29 is 0 Å². The third kappa shape index (κ3) is 2.64. The third-order valence-electron chi connectivity index (χ3n) is 2.56. The largest absolute Gasteiger partial charge is 0.326 e. The lowest BCUT2D eigenvalue weighted by Gasteiger charge is -2.36. The quantitative estimate of drug-likeness (QED) is 0.721. The highest BCUT2D eigenvalue weighted by atomic mass is 32.2. The van der Waals surface area contributed by atoms with Gasteiger partial charge in [0.05, 0.1) is 0 Å². The van der Waals surface area contributed by atoms with Crippen molar-refractivity contribution in [3.05, 3.63) is 0 Å². The topological polar surface area (TPSA) is 29.3 Å². The Bertz CT molecular complexity index is 130. The first-order valence-electron chi connectivity index (χ1n) is 4.79. The number of hydrogen-bond acceptors (Lipinski definition) is 3. The fraction of sp³-hybridized carbons (Fsp3) is 1.00. The molecule has 3 heteroatoms. The van der Waals surface area contributed by atoms with Crippen LogP contribution in [0, 0.1) is 0 Å². The molecule has 0 aliphatic carbocycles. The molecular weight excluding hydrogens is 168 g/mol. The van der Waals surface area contributed by atoms with Crippen LogP contribution in [-0.4, -0.2) is 42.1 Å². The summed E-state index contributed by atoms with van der Waals surface area (Å²) in [6, 6.07) is 0.997. The summed E-state index contributed by atoms with van der Waals surface area (Å²) in [6.07, 6.45) is 2.37. The van der Waals surface area contributed by atoms with E-state index >= 15 is 0 Å². The van der Waals surface area contributed by atoms with E-state index in [1.807, 2.05) is 11.8 Å². The van der Waals surface area contributed by atoms with Crippen LogP contribution in [0.25, 0.3) is 0 Å². The summed E-state index contributed by atoms with van der Waals surface area (Å²) in [4.78, 5) is 2.41. The first kappa shape index (κ1) is 10.4. The van der Waals surface area contributed by atoms with Crippen LogP contribution in [0.3, 0.4) is 0 Å². The highest BCUT2D eigenvalue weighted by molar-refractivity contribution is 7.99. The summed E-state index contributed by atoms with van der Waals surface area (Å²) in [5, 5.41) is 0. The molecule has 1 heterocycles. The maximum atomic E-state index is 6.09. The van der Waals surface area contributed by atoms with Gasteiger partial charge in [0.15, 0.2) is 0 Å². The number of nitrogens with two attached hydrogens (primary N) is 1. The lowest BCUT2D eigenvalue weighted by molar-refractivity contribution is 0.230. The van der Waals surface area contributed by atoms with Crippen LogP contribution in [0.2, 0.25) is 0 Å². The van der Waals surface area contributed by atoms with Gasteiger partial charge in [-0.15, -0.1) is 0 Å². The van der Waals surface area contributed by atoms with E-state index in [0.29, 0.717) is 12.1 Å².